The van der Waals surface area contributed by atoms with Crippen LogP contribution < -0.4 is 0 Å². The quantitative estimate of drug-likeness (QED) is 0.754. The van der Waals surface area contributed by atoms with Crippen LogP contribution in [-0.4, -0.2) is 5.11 Å². The first kappa shape index (κ1) is 10.3. The van der Waals surface area contributed by atoms with Gasteiger partial charge in [0.25, 0.3) is 0 Å². The van der Waals surface area contributed by atoms with Gasteiger partial charge in [0.05, 0.1) is 5.60 Å². The van der Waals surface area contributed by atoms with E-state index in [2.05, 4.69) is 13.0 Å². The van der Waals surface area contributed by atoms with E-state index >= 15 is 0 Å². The van der Waals surface area contributed by atoms with Gasteiger partial charge in [-0.05, 0) is 30.9 Å². The van der Waals surface area contributed by atoms with Crippen LogP contribution >= 0.6 is 0 Å². The van der Waals surface area contributed by atoms with E-state index in [0.717, 1.165) is 18.4 Å². The van der Waals surface area contributed by atoms with Gasteiger partial charge in [0, 0.05) is 0 Å². The molecule has 1 heteroatoms. The number of aliphatic hydroxyl groups is 1. The third-order valence-corrected chi connectivity index (χ3v) is 2.67. The summed E-state index contributed by atoms with van der Waals surface area (Å²) in [6, 6.07) is 8.11. The lowest BCUT2D eigenvalue weighted by Crippen LogP contribution is -2.21. The molecule has 72 valence electrons. The fraction of sp³-hybridized carbons (Fsp3) is 0.500. The molecule has 1 aromatic carbocycles. The van der Waals surface area contributed by atoms with Crippen LogP contribution in [0.3, 0.4) is 0 Å². The van der Waals surface area contributed by atoms with E-state index in [1.807, 2.05) is 32.0 Å². The van der Waals surface area contributed by atoms with Gasteiger partial charge in [0.2, 0.25) is 0 Å². The van der Waals surface area contributed by atoms with E-state index in [0.29, 0.717) is 0 Å². The molecule has 0 aliphatic rings. The Kier molecular flexibility index (Phi) is 3.10. The van der Waals surface area contributed by atoms with Crippen molar-refractivity contribution < 1.29 is 5.11 Å². The minimum atomic E-state index is -0.674. The maximum atomic E-state index is 10.1. The largest absolute Gasteiger partial charge is 0.385 e. The molecule has 0 fully saturated rings. The molecule has 0 bridgehead atoms. The van der Waals surface area contributed by atoms with Crippen LogP contribution in [0, 0.1) is 0 Å². The smallest absolute Gasteiger partial charge is 0.0868 e. The van der Waals surface area contributed by atoms with Gasteiger partial charge in [-0.1, -0.05) is 38.1 Å². The van der Waals surface area contributed by atoms with Gasteiger partial charge in [0.1, 0.15) is 0 Å². The normalized spacial score (nSPS) is 15.4. The van der Waals surface area contributed by atoms with Crippen molar-refractivity contribution in [2.45, 2.75) is 39.2 Å². The monoisotopic (exact) mass is 178 g/mol. The van der Waals surface area contributed by atoms with Crippen LogP contribution in [0.4, 0.5) is 0 Å². The van der Waals surface area contributed by atoms with E-state index in [-0.39, 0.29) is 0 Å². The molecule has 1 atom stereocenters. The highest BCUT2D eigenvalue weighted by molar-refractivity contribution is 5.31. The van der Waals surface area contributed by atoms with Crippen molar-refractivity contribution in [3.05, 3.63) is 35.4 Å². The molecule has 0 radical (unpaired) electrons. The fourth-order valence-electron chi connectivity index (χ4n) is 1.54. The summed E-state index contributed by atoms with van der Waals surface area (Å²) in [5, 5.41) is 10.1. The Morgan fingerprint density at radius 3 is 2.38 bits per heavy atom. The third-order valence-electron chi connectivity index (χ3n) is 2.67. The highest BCUT2D eigenvalue weighted by Crippen LogP contribution is 2.27. The van der Waals surface area contributed by atoms with Crippen molar-refractivity contribution in [2.24, 2.45) is 0 Å². The number of aryl methyl sites for hydroxylation is 1. The zero-order valence-corrected chi connectivity index (χ0v) is 8.67. The zero-order chi connectivity index (χ0) is 9.90. The lowest BCUT2D eigenvalue weighted by atomic mass is 9.88. The Morgan fingerprint density at radius 2 is 1.85 bits per heavy atom. The summed E-state index contributed by atoms with van der Waals surface area (Å²) in [7, 11) is 0. The zero-order valence-electron chi connectivity index (χ0n) is 8.67. The minimum absolute atomic E-state index is 0.674. The lowest BCUT2D eigenvalue weighted by Gasteiger charge is -2.24. The summed E-state index contributed by atoms with van der Waals surface area (Å²) in [5.41, 5.74) is 1.64. The van der Waals surface area contributed by atoms with Crippen LogP contribution in [0.2, 0.25) is 0 Å². The molecule has 1 aromatic rings. The first-order chi connectivity index (χ1) is 6.11. The third kappa shape index (κ3) is 2.10. The molecule has 1 nitrogen and oxygen atoms in total. The fourth-order valence-corrected chi connectivity index (χ4v) is 1.54. The van der Waals surface area contributed by atoms with Crippen LogP contribution in [-0.2, 0) is 12.0 Å². The molecular weight excluding hydrogens is 160 g/mol. The molecule has 0 aliphatic carbocycles. The average molecular weight is 178 g/mol. The Morgan fingerprint density at radius 1 is 1.23 bits per heavy atom. The number of rotatable bonds is 3. The van der Waals surface area contributed by atoms with Crippen LogP contribution in [0.25, 0.3) is 0 Å². The van der Waals surface area contributed by atoms with Crippen molar-refractivity contribution in [2.75, 3.05) is 0 Å². The van der Waals surface area contributed by atoms with Gasteiger partial charge in [-0.2, -0.15) is 0 Å². The lowest BCUT2D eigenvalue weighted by molar-refractivity contribution is 0.0522. The molecule has 0 spiro atoms. The Bertz CT molecular complexity index is 276. The average Bonchev–Trinajstić information content (AvgIpc) is 2.18. The van der Waals surface area contributed by atoms with E-state index < -0.39 is 5.60 Å². The summed E-state index contributed by atoms with van der Waals surface area (Å²) in [6.07, 6.45) is 1.73. The van der Waals surface area contributed by atoms with Crippen molar-refractivity contribution in [3.8, 4) is 0 Å². The van der Waals surface area contributed by atoms with Gasteiger partial charge < -0.3 is 5.11 Å². The molecule has 13 heavy (non-hydrogen) atoms. The molecule has 0 aromatic heterocycles. The maximum absolute atomic E-state index is 10.1. The highest BCUT2D eigenvalue weighted by atomic mass is 16.3. The van der Waals surface area contributed by atoms with Crippen molar-refractivity contribution >= 4 is 0 Å². The molecular formula is C12H18O. The van der Waals surface area contributed by atoms with Gasteiger partial charge >= 0.3 is 0 Å². The molecule has 1 N–H and O–H groups in total. The molecule has 0 heterocycles. The van der Waals surface area contributed by atoms with Gasteiger partial charge in [-0.15, -0.1) is 0 Å². The molecule has 1 rings (SSSR count). The second kappa shape index (κ2) is 3.93. The maximum Gasteiger partial charge on any atom is 0.0868 e. The Balaban J connectivity index is 3.12. The second-order valence-electron chi connectivity index (χ2n) is 3.64. The number of benzene rings is 1. The van der Waals surface area contributed by atoms with E-state index in [4.69, 9.17) is 0 Å². The molecule has 0 saturated heterocycles. The predicted molar refractivity (Wildman–Crippen MR) is 55.7 cm³/mol. The van der Waals surface area contributed by atoms with Crippen molar-refractivity contribution in [3.63, 3.8) is 0 Å². The van der Waals surface area contributed by atoms with Gasteiger partial charge in [0.15, 0.2) is 0 Å². The summed E-state index contributed by atoms with van der Waals surface area (Å²) >= 11 is 0. The summed E-state index contributed by atoms with van der Waals surface area (Å²) in [5.74, 6) is 0. The van der Waals surface area contributed by atoms with E-state index in [1.54, 1.807) is 0 Å². The SMILES string of the molecule is CCc1ccccc1[C@](C)(O)CC. The summed E-state index contributed by atoms with van der Waals surface area (Å²) in [6.45, 7) is 6.00. The number of hydrogen-bond donors (Lipinski definition) is 1. The predicted octanol–water partition coefficient (Wildman–Crippen LogP) is 2.87. The molecule has 0 saturated carbocycles. The van der Waals surface area contributed by atoms with Gasteiger partial charge in [-0.3, -0.25) is 0 Å². The summed E-state index contributed by atoms with van der Waals surface area (Å²) < 4.78 is 0. The van der Waals surface area contributed by atoms with Crippen LogP contribution in [0.1, 0.15) is 38.3 Å². The number of hydrogen-bond acceptors (Lipinski definition) is 1. The van der Waals surface area contributed by atoms with Crippen LogP contribution in [0.5, 0.6) is 0 Å². The Labute approximate surface area is 80.4 Å². The first-order valence-corrected chi connectivity index (χ1v) is 4.92. The second-order valence-corrected chi connectivity index (χ2v) is 3.64. The summed E-state index contributed by atoms with van der Waals surface area (Å²) in [4.78, 5) is 0. The Hall–Kier alpha value is -0.820. The van der Waals surface area contributed by atoms with Crippen molar-refractivity contribution in [1.29, 1.82) is 0 Å². The molecule has 0 aliphatic heterocycles. The standard InChI is InChI=1S/C12H18O/c1-4-10-8-6-7-9-11(10)12(3,13)5-2/h6-9,13H,4-5H2,1-3H3/t12-/m1/s1. The minimum Gasteiger partial charge on any atom is -0.385 e. The first-order valence-electron chi connectivity index (χ1n) is 4.92. The highest BCUT2D eigenvalue weighted by Gasteiger charge is 2.22. The molecule has 0 amide bonds. The van der Waals surface area contributed by atoms with Crippen molar-refractivity contribution in [1.82, 2.24) is 0 Å². The van der Waals surface area contributed by atoms with E-state index in [9.17, 15) is 5.11 Å². The molecule has 0 unspecified atom stereocenters. The topological polar surface area (TPSA) is 20.2 Å². The van der Waals surface area contributed by atoms with Gasteiger partial charge in [-0.25, -0.2) is 0 Å². The van der Waals surface area contributed by atoms with Crippen LogP contribution in [0.15, 0.2) is 24.3 Å². The van der Waals surface area contributed by atoms with E-state index in [1.165, 1.54) is 5.56 Å².